The molecule has 0 heterocycles. The third-order valence-electron chi connectivity index (χ3n) is 7.84. The molecule has 3 nitrogen and oxygen atoms in total. The van der Waals surface area contributed by atoms with E-state index in [1.54, 1.807) is 0 Å². The summed E-state index contributed by atoms with van der Waals surface area (Å²) in [6.45, 7) is 3.79. The van der Waals surface area contributed by atoms with Crippen molar-refractivity contribution in [1.82, 2.24) is 4.90 Å². The summed E-state index contributed by atoms with van der Waals surface area (Å²) in [6.07, 6.45) is 16.6. The molecule has 0 saturated heterocycles. The topological polar surface area (TPSA) is 40.5 Å². The highest BCUT2D eigenvalue weighted by atomic mass is 16.3. The van der Waals surface area contributed by atoms with Crippen LogP contribution in [0.2, 0.25) is 0 Å². The van der Waals surface area contributed by atoms with Crippen LogP contribution in [0.15, 0.2) is 60.7 Å². The fourth-order valence-corrected chi connectivity index (χ4v) is 5.41. The van der Waals surface area contributed by atoms with Gasteiger partial charge in [-0.1, -0.05) is 138 Å². The van der Waals surface area contributed by atoms with Gasteiger partial charge in [-0.05, 0) is 30.4 Å². The molecule has 3 rings (SSSR count). The number of unbranched alkanes of at least 4 members (excludes halogenated alkanes) is 10. The monoisotopic (exact) mass is 491 g/mol. The van der Waals surface area contributed by atoms with Crippen LogP contribution in [0.25, 0.3) is 0 Å². The van der Waals surface area contributed by atoms with E-state index in [1.807, 2.05) is 12.1 Å². The third kappa shape index (κ3) is 9.82. The van der Waals surface area contributed by atoms with Crippen molar-refractivity contribution in [2.75, 3.05) is 0 Å². The summed E-state index contributed by atoms with van der Waals surface area (Å²) < 4.78 is 0. The number of rotatable bonds is 20. The number of aliphatic hydroxyl groups is 1. The molecule has 1 aliphatic carbocycles. The first kappa shape index (κ1) is 28.6. The normalized spacial score (nSPS) is 15.2. The van der Waals surface area contributed by atoms with Gasteiger partial charge in [0.15, 0.2) is 5.78 Å². The lowest BCUT2D eigenvalue weighted by molar-refractivity contribution is -0.128. The van der Waals surface area contributed by atoms with Crippen molar-refractivity contribution in [2.24, 2.45) is 0 Å². The lowest BCUT2D eigenvalue weighted by atomic mass is 9.97. The molecule has 0 radical (unpaired) electrons. The van der Waals surface area contributed by atoms with Crippen LogP contribution in [-0.4, -0.2) is 27.4 Å². The molecule has 2 aromatic rings. The van der Waals surface area contributed by atoms with Crippen LogP contribution in [0, 0.1) is 0 Å². The highest BCUT2D eigenvalue weighted by Crippen LogP contribution is 2.45. The molecule has 1 atom stereocenters. The van der Waals surface area contributed by atoms with Gasteiger partial charge in [0.05, 0.1) is 11.6 Å². The van der Waals surface area contributed by atoms with Crippen LogP contribution in [0.3, 0.4) is 0 Å². The molecule has 2 aromatic carbocycles. The Bertz CT molecular complexity index is 805. The summed E-state index contributed by atoms with van der Waals surface area (Å²) in [5.41, 5.74) is 2.05. The van der Waals surface area contributed by atoms with Crippen molar-refractivity contribution < 1.29 is 9.90 Å². The van der Waals surface area contributed by atoms with Gasteiger partial charge in [0.2, 0.25) is 0 Å². The number of aliphatic hydroxyl groups excluding tert-OH is 1. The largest absolute Gasteiger partial charge is 0.393 e. The smallest absolute Gasteiger partial charge is 0.155 e. The molecule has 0 aliphatic heterocycles. The van der Waals surface area contributed by atoms with E-state index in [4.69, 9.17) is 0 Å². The Morgan fingerprint density at radius 1 is 0.750 bits per heavy atom. The quantitative estimate of drug-likeness (QED) is 0.190. The number of ketones is 1. The lowest BCUT2D eigenvalue weighted by Crippen LogP contribution is -2.43. The predicted molar refractivity (Wildman–Crippen MR) is 151 cm³/mol. The predicted octanol–water partition coefficient (Wildman–Crippen LogP) is 8.24. The van der Waals surface area contributed by atoms with Gasteiger partial charge in [-0.25, -0.2) is 0 Å². The van der Waals surface area contributed by atoms with Gasteiger partial charge < -0.3 is 5.11 Å². The van der Waals surface area contributed by atoms with Crippen LogP contribution in [0.4, 0.5) is 0 Å². The zero-order valence-electron chi connectivity index (χ0n) is 22.7. The maximum Gasteiger partial charge on any atom is 0.155 e. The lowest BCUT2D eigenvalue weighted by Gasteiger charge is -2.32. The molecule has 0 spiro atoms. The van der Waals surface area contributed by atoms with Gasteiger partial charge in [-0.15, -0.1) is 0 Å². The minimum Gasteiger partial charge on any atom is -0.393 e. The Morgan fingerprint density at radius 3 is 1.64 bits per heavy atom. The highest BCUT2D eigenvalue weighted by molar-refractivity contribution is 5.91. The average Bonchev–Trinajstić information content (AvgIpc) is 3.70. The summed E-state index contributed by atoms with van der Waals surface area (Å²) >= 11 is 0. The second kappa shape index (κ2) is 16.0. The summed E-state index contributed by atoms with van der Waals surface area (Å²) in [7, 11) is 0. The molecule has 3 heteroatoms. The van der Waals surface area contributed by atoms with Gasteiger partial charge in [-0.2, -0.15) is 0 Å². The van der Waals surface area contributed by atoms with E-state index in [-0.39, 0.29) is 12.2 Å². The van der Waals surface area contributed by atoms with Crippen LogP contribution >= 0.6 is 0 Å². The van der Waals surface area contributed by atoms with E-state index in [0.29, 0.717) is 0 Å². The summed E-state index contributed by atoms with van der Waals surface area (Å²) in [4.78, 5) is 15.8. The van der Waals surface area contributed by atoms with Gasteiger partial charge in [0.1, 0.15) is 0 Å². The van der Waals surface area contributed by atoms with Crippen molar-refractivity contribution in [3.8, 4) is 0 Å². The van der Waals surface area contributed by atoms with E-state index < -0.39 is 11.6 Å². The molecule has 0 amide bonds. The van der Waals surface area contributed by atoms with Gasteiger partial charge in [0, 0.05) is 19.5 Å². The zero-order valence-corrected chi connectivity index (χ0v) is 22.7. The Morgan fingerprint density at radius 2 is 1.19 bits per heavy atom. The zero-order chi connectivity index (χ0) is 25.5. The molecule has 0 aromatic heterocycles. The molecule has 1 aliphatic rings. The molecule has 1 N–H and O–H groups in total. The van der Waals surface area contributed by atoms with Crippen LogP contribution < -0.4 is 0 Å². The first-order valence-electron chi connectivity index (χ1n) is 14.7. The number of hydrogen-bond acceptors (Lipinski definition) is 3. The van der Waals surface area contributed by atoms with Crippen molar-refractivity contribution in [2.45, 2.75) is 128 Å². The molecule has 1 unspecified atom stereocenters. The van der Waals surface area contributed by atoms with E-state index in [1.165, 1.54) is 75.3 Å². The minimum atomic E-state index is -0.510. The van der Waals surface area contributed by atoms with Gasteiger partial charge >= 0.3 is 0 Å². The number of Topliss-reactive ketones (excluding diaryl/α,β-unsaturated/α-hetero) is 1. The molecule has 1 saturated carbocycles. The molecule has 36 heavy (non-hydrogen) atoms. The molecule has 0 bridgehead atoms. The second-order valence-corrected chi connectivity index (χ2v) is 11.0. The van der Waals surface area contributed by atoms with Crippen LogP contribution in [0.1, 0.15) is 114 Å². The SMILES string of the molecule is CCCCCCCCCCCCCC(O)CC(=O)C1(N(Cc2ccccc2)Cc2ccccc2)CC1. The number of carbonyl (C=O) groups is 1. The van der Waals surface area contributed by atoms with Gasteiger partial charge in [0.25, 0.3) is 0 Å². The number of benzene rings is 2. The highest BCUT2D eigenvalue weighted by Gasteiger charge is 2.53. The molecular weight excluding hydrogens is 442 g/mol. The fraction of sp³-hybridized carbons (Fsp3) is 0.606. The average molecular weight is 492 g/mol. The van der Waals surface area contributed by atoms with Crippen molar-refractivity contribution >= 4 is 5.78 Å². The molecule has 1 fully saturated rings. The second-order valence-electron chi connectivity index (χ2n) is 11.0. The Hall–Kier alpha value is -1.97. The molecular formula is C33H49NO2. The van der Waals surface area contributed by atoms with E-state index >= 15 is 0 Å². The van der Waals surface area contributed by atoms with Crippen molar-refractivity contribution in [1.29, 1.82) is 0 Å². The summed E-state index contributed by atoms with van der Waals surface area (Å²) in [6, 6.07) is 20.9. The van der Waals surface area contributed by atoms with Gasteiger partial charge in [-0.3, -0.25) is 9.69 Å². The first-order valence-corrected chi connectivity index (χ1v) is 14.7. The third-order valence-corrected chi connectivity index (χ3v) is 7.84. The van der Waals surface area contributed by atoms with E-state index in [9.17, 15) is 9.90 Å². The van der Waals surface area contributed by atoms with Crippen molar-refractivity contribution in [3.63, 3.8) is 0 Å². The first-order chi connectivity index (χ1) is 17.6. The standard InChI is InChI=1S/C33H49NO2/c1-2-3-4-5-6-7-8-9-10-11-18-23-31(35)26-32(36)33(24-25-33)34(27-29-19-14-12-15-20-29)28-30-21-16-13-17-22-30/h12-17,19-22,31,35H,2-11,18,23-28H2,1H3. The number of nitrogens with zero attached hydrogens (tertiary/aromatic N) is 1. The van der Waals surface area contributed by atoms with Crippen LogP contribution in [-0.2, 0) is 17.9 Å². The fourth-order valence-electron chi connectivity index (χ4n) is 5.41. The minimum absolute atomic E-state index is 0.227. The van der Waals surface area contributed by atoms with E-state index in [0.717, 1.165) is 38.8 Å². The number of hydrogen-bond donors (Lipinski definition) is 1. The summed E-state index contributed by atoms with van der Waals surface area (Å²) in [5, 5.41) is 10.7. The van der Waals surface area contributed by atoms with Crippen molar-refractivity contribution in [3.05, 3.63) is 71.8 Å². The Labute approximate surface area is 220 Å². The molecule has 198 valence electrons. The Balaban J connectivity index is 1.40. The van der Waals surface area contributed by atoms with E-state index in [2.05, 4.69) is 60.4 Å². The summed E-state index contributed by atoms with van der Waals surface area (Å²) in [5.74, 6) is 0.227. The van der Waals surface area contributed by atoms with Crippen LogP contribution in [0.5, 0.6) is 0 Å². The maximum absolute atomic E-state index is 13.5. The maximum atomic E-state index is 13.5. The Kier molecular flexibility index (Phi) is 12.7. The number of carbonyl (C=O) groups excluding carboxylic acids is 1.